The quantitative estimate of drug-likeness (QED) is 0.535. The first-order valence-electron chi connectivity index (χ1n) is 12.4. The van der Waals surface area contributed by atoms with E-state index < -0.39 is 0 Å². The molecule has 2 aliphatic rings. The third-order valence-corrected chi connectivity index (χ3v) is 7.46. The van der Waals surface area contributed by atoms with Gasteiger partial charge >= 0.3 is 0 Å². The molecule has 0 unspecified atom stereocenters. The normalized spacial score (nSPS) is 19.2. The lowest BCUT2D eigenvalue weighted by Gasteiger charge is -2.34. The molecule has 180 valence electrons. The van der Waals surface area contributed by atoms with Gasteiger partial charge in [0.1, 0.15) is 11.5 Å². The van der Waals surface area contributed by atoms with Crippen molar-refractivity contribution in [3.05, 3.63) is 40.7 Å². The van der Waals surface area contributed by atoms with Gasteiger partial charge in [-0.2, -0.15) is 0 Å². The molecule has 0 atom stereocenters. The van der Waals surface area contributed by atoms with Gasteiger partial charge in [0.15, 0.2) is 0 Å². The van der Waals surface area contributed by atoms with E-state index in [-0.39, 0.29) is 5.92 Å². The van der Waals surface area contributed by atoms with Crippen LogP contribution in [0.4, 0.5) is 0 Å². The average Bonchev–Trinajstić information content (AvgIpc) is 3.20. The summed E-state index contributed by atoms with van der Waals surface area (Å²) in [5, 5.41) is 0.703. The zero-order chi connectivity index (χ0) is 23.2. The Balaban J connectivity index is 1.18. The van der Waals surface area contributed by atoms with Gasteiger partial charge in [0.25, 0.3) is 0 Å². The summed E-state index contributed by atoms with van der Waals surface area (Å²) >= 11 is 5.99. The van der Waals surface area contributed by atoms with Crippen LogP contribution in [0, 0.1) is 12.8 Å². The van der Waals surface area contributed by atoms with Crippen LogP contribution in [0.25, 0.3) is 11.5 Å². The molecule has 2 fully saturated rings. The molecule has 2 aromatic rings. The summed E-state index contributed by atoms with van der Waals surface area (Å²) in [6, 6.07) is 7.56. The fourth-order valence-corrected chi connectivity index (χ4v) is 5.05. The van der Waals surface area contributed by atoms with Crippen LogP contribution in [-0.2, 0) is 11.3 Å². The Morgan fingerprint density at radius 1 is 1.03 bits per heavy atom. The highest BCUT2D eigenvalue weighted by Gasteiger charge is 2.26. The van der Waals surface area contributed by atoms with Crippen molar-refractivity contribution in [3.63, 3.8) is 0 Å². The van der Waals surface area contributed by atoms with Crippen molar-refractivity contribution < 1.29 is 9.21 Å². The molecular weight excluding hydrogens is 436 g/mol. The molecule has 7 heteroatoms. The summed E-state index contributed by atoms with van der Waals surface area (Å²) in [5.74, 6) is 2.18. The number of aromatic nitrogens is 1. The Bertz CT molecular complexity index is 898. The number of halogens is 1. The number of piperazine rings is 1. The van der Waals surface area contributed by atoms with Crippen molar-refractivity contribution in [3.8, 4) is 11.5 Å². The molecule has 0 spiro atoms. The number of aryl methyl sites for hydroxylation is 1. The first-order chi connectivity index (χ1) is 16.0. The number of oxazole rings is 1. The fraction of sp³-hybridized carbons (Fsp3) is 0.615. The van der Waals surface area contributed by atoms with E-state index in [1.165, 1.54) is 0 Å². The molecule has 0 saturated carbocycles. The maximum absolute atomic E-state index is 12.8. The maximum atomic E-state index is 12.8. The van der Waals surface area contributed by atoms with Gasteiger partial charge in [-0.25, -0.2) is 4.98 Å². The molecule has 2 saturated heterocycles. The molecule has 0 amide bonds. The second kappa shape index (κ2) is 11.6. The predicted octanol–water partition coefficient (Wildman–Crippen LogP) is 4.50. The lowest BCUT2D eigenvalue weighted by atomic mass is 9.90. The number of benzene rings is 1. The molecule has 6 nitrogen and oxygen atoms in total. The van der Waals surface area contributed by atoms with E-state index in [1.807, 2.05) is 31.2 Å². The molecule has 0 N–H and O–H groups in total. The first kappa shape index (κ1) is 24.4. The number of hydrogen-bond acceptors (Lipinski definition) is 6. The van der Waals surface area contributed by atoms with Gasteiger partial charge in [-0.1, -0.05) is 18.5 Å². The molecule has 0 radical (unpaired) electrons. The Kier molecular flexibility index (Phi) is 8.58. The molecule has 1 aromatic carbocycles. The molecule has 4 rings (SSSR count). The molecule has 1 aromatic heterocycles. The SMILES string of the molecule is CCN1CCN(CCCC(=O)C2CCN(Cc3nc(-c4ccc(Cl)cc4)oc3C)CC2)CC1. The van der Waals surface area contributed by atoms with Gasteiger partial charge < -0.3 is 14.2 Å². The van der Waals surface area contributed by atoms with Gasteiger partial charge in [-0.3, -0.25) is 9.69 Å². The second-order valence-corrected chi connectivity index (χ2v) is 9.86. The monoisotopic (exact) mass is 472 g/mol. The van der Waals surface area contributed by atoms with E-state index in [9.17, 15) is 4.79 Å². The molecule has 0 aliphatic carbocycles. The van der Waals surface area contributed by atoms with E-state index in [4.69, 9.17) is 21.0 Å². The molecule has 0 bridgehead atoms. The van der Waals surface area contributed by atoms with Crippen LogP contribution in [0.15, 0.2) is 28.7 Å². The number of rotatable bonds is 9. The third kappa shape index (κ3) is 6.66. The van der Waals surface area contributed by atoms with Crippen LogP contribution in [0.3, 0.4) is 0 Å². The highest BCUT2D eigenvalue weighted by Crippen LogP contribution is 2.26. The largest absolute Gasteiger partial charge is 0.441 e. The molecule has 33 heavy (non-hydrogen) atoms. The van der Waals surface area contributed by atoms with Crippen LogP contribution in [0.2, 0.25) is 5.02 Å². The first-order valence-corrected chi connectivity index (χ1v) is 12.8. The standard InChI is InChI=1S/C26H37ClN4O2/c1-3-29-15-17-30(18-16-29)12-4-5-25(32)21-10-13-31(14-11-21)19-24-20(2)33-26(28-24)22-6-8-23(27)9-7-22/h6-9,21H,3-5,10-19H2,1-2H3. The average molecular weight is 473 g/mol. The van der Waals surface area contributed by atoms with Gasteiger partial charge in [-0.05, 0) is 76.6 Å². The van der Waals surface area contributed by atoms with Gasteiger partial charge in [0.2, 0.25) is 5.89 Å². The van der Waals surface area contributed by atoms with Crippen molar-refractivity contribution in [1.82, 2.24) is 19.7 Å². The van der Waals surface area contributed by atoms with Crippen LogP contribution in [0.1, 0.15) is 44.1 Å². The summed E-state index contributed by atoms with van der Waals surface area (Å²) in [5.41, 5.74) is 1.91. The Morgan fingerprint density at radius 2 is 1.70 bits per heavy atom. The number of carbonyl (C=O) groups is 1. The number of likely N-dealkylation sites (tertiary alicyclic amines) is 1. The zero-order valence-electron chi connectivity index (χ0n) is 20.1. The fourth-order valence-electron chi connectivity index (χ4n) is 4.93. The molecule has 3 heterocycles. The second-order valence-electron chi connectivity index (χ2n) is 9.42. The Morgan fingerprint density at radius 3 is 2.36 bits per heavy atom. The summed E-state index contributed by atoms with van der Waals surface area (Å²) in [4.78, 5) is 24.9. The van der Waals surface area contributed by atoms with Crippen LogP contribution < -0.4 is 0 Å². The van der Waals surface area contributed by atoms with E-state index >= 15 is 0 Å². The Hall–Kier alpha value is -1.73. The number of nitrogens with zero attached hydrogens (tertiary/aromatic N) is 4. The zero-order valence-corrected chi connectivity index (χ0v) is 20.8. The number of carbonyl (C=O) groups excluding carboxylic acids is 1. The summed E-state index contributed by atoms with van der Waals surface area (Å²) in [7, 11) is 0. The highest BCUT2D eigenvalue weighted by atomic mass is 35.5. The number of Topliss-reactive ketones (excluding diaryl/α,β-unsaturated/α-hetero) is 1. The van der Waals surface area contributed by atoms with Gasteiger partial charge in [-0.15, -0.1) is 0 Å². The summed E-state index contributed by atoms with van der Waals surface area (Å²) < 4.78 is 5.91. The minimum absolute atomic E-state index is 0.223. The number of piperidine rings is 1. The highest BCUT2D eigenvalue weighted by molar-refractivity contribution is 6.30. The summed E-state index contributed by atoms with van der Waals surface area (Å²) in [6.45, 7) is 13.7. The minimum Gasteiger partial charge on any atom is -0.441 e. The predicted molar refractivity (Wildman–Crippen MR) is 132 cm³/mol. The van der Waals surface area contributed by atoms with E-state index in [0.717, 1.165) is 102 Å². The van der Waals surface area contributed by atoms with E-state index in [2.05, 4.69) is 21.6 Å². The third-order valence-electron chi connectivity index (χ3n) is 7.21. The van der Waals surface area contributed by atoms with Gasteiger partial charge in [0.05, 0.1) is 5.69 Å². The van der Waals surface area contributed by atoms with E-state index in [0.29, 0.717) is 16.7 Å². The van der Waals surface area contributed by atoms with Gasteiger partial charge in [0, 0.05) is 55.6 Å². The topological polar surface area (TPSA) is 52.8 Å². The minimum atomic E-state index is 0.223. The number of likely N-dealkylation sites (N-methyl/N-ethyl adjacent to an activating group) is 1. The van der Waals surface area contributed by atoms with E-state index in [1.54, 1.807) is 0 Å². The lowest BCUT2D eigenvalue weighted by molar-refractivity contribution is -0.124. The number of ketones is 1. The Labute approximate surface area is 202 Å². The van der Waals surface area contributed by atoms with Crippen molar-refractivity contribution in [2.24, 2.45) is 5.92 Å². The smallest absolute Gasteiger partial charge is 0.226 e. The number of hydrogen-bond donors (Lipinski definition) is 0. The van der Waals surface area contributed by atoms with Crippen molar-refractivity contribution in [2.75, 3.05) is 52.4 Å². The molecule has 2 aliphatic heterocycles. The van der Waals surface area contributed by atoms with Crippen LogP contribution in [-0.4, -0.2) is 77.8 Å². The molecular formula is C26H37ClN4O2. The van der Waals surface area contributed by atoms with Crippen LogP contribution in [0.5, 0.6) is 0 Å². The van der Waals surface area contributed by atoms with Crippen LogP contribution >= 0.6 is 11.6 Å². The lowest BCUT2D eigenvalue weighted by Crippen LogP contribution is -2.46. The van der Waals surface area contributed by atoms with Crippen molar-refractivity contribution >= 4 is 17.4 Å². The van der Waals surface area contributed by atoms with Crippen molar-refractivity contribution in [1.29, 1.82) is 0 Å². The summed E-state index contributed by atoms with van der Waals surface area (Å²) in [6.07, 6.45) is 3.63. The van der Waals surface area contributed by atoms with Crippen molar-refractivity contribution in [2.45, 2.75) is 46.1 Å². The maximum Gasteiger partial charge on any atom is 0.226 e.